The number of piperidine rings is 1. The van der Waals surface area contributed by atoms with Crippen molar-refractivity contribution >= 4 is 11.5 Å². The summed E-state index contributed by atoms with van der Waals surface area (Å²) in [6, 6.07) is 9.89. The van der Waals surface area contributed by atoms with Crippen LogP contribution in [0.4, 0.5) is 11.5 Å². The lowest BCUT2D eigenvalue weighted by molar-refractivity contribution is 0.137. The number of pyridine rings is 2. The molecule has 0 radical (unpaired) electrons. The van der Waals surface area contributed by atoms with Gasteiger partial charge >= 0.3 is 0 Å². The Bertz CT molecular complexity index is 933. The second-order valence-electron chi connectivity index (χ2n) is 6.83. The molecule has 0 bridgehead atoms. The number of nitriles is 1. The van der Waals surface area contributed by atoms with E-state index in [0.29, 0.717) is 11.5 Å². The summed E-state index contributed by atoms with van der Waals surface area (Å²) in [5, 5.41) is 12.0. The van der Waals surface area contributed by atoms with E-state index in [-0.39, 0.29) is 6.04 Å². The Hall–Kier alpha value is -3.37. The topological polar surface area (TPSA) is 90.6 Å². The van der Waals surface area contributed by atoms with Gasteiger partial charge in [-0.25, -0.2) is 9.97 Å². The fraction of sp³-hybridized carbons (Fsp3) is 0.286. The first kappa shape index (κ1) is 18.0. The SMILES string of the molecule is N#Cc1ccc(Nc2cnc([C@@H]3CCCCN3Cc3ccncc3)cn2)cn1. The Morgan fingerprint density at radius 2 is 1.93 bits per heavy atom. The van der Waals surface area contributed by atoms with E-state index in [1.165, 1.54) is 18.4 Å². The summed E-state index contributed by atoms with van der Waals surface area (Å²) < 4.78 is 0. The summed E-state index contributed by atoms with van der Waals surface area (Å²) in [7, 11) is 0. The molecule has 28 heavy (non-hydrogen) atoms. The van der Waals surface area contributed by atoms with Gasteiger partial charge in [0.15, 0.2) is 0 Å². The molecule has 3 aromatic rings. The number of likely N-dealkylation sites (tertiary alicyclic amines) is 1. The first-order chi connectivity index (χ1) is 13.8. The maximum absolute atomic E-state index is 8.82. The monoisotopic (exact) mass is 371 g/mol. The molecule has 3 aromatic heterocycles. The summed E-state index contributed by atoms with van der Waals surface area (Å²) in [5.74, 6) is 0.659. The van der Waals surface area contributed by atoms with E-state index in [1.807, 2.05) is 24.7 Å². The van der Waals surface area contributed by atoms with Gasteiger partial charge in [0.2, 0.25) is 0 Å². The molecule has 0 aromatic carbocycles. The zero-order valence-corrected chi connectivity index (χ0v) is 15.5. The molecule has 4 rings (SSSR count). The smallest absolute Gasteiger partial charge is 0.148 e. The summed E-state index contributed by atoms with van der Waals surface area (Å²) in [6.45, 7) is 1.96. The number of aromatic nitrogens is 4. The Morgan fingerprint density at radius 1 is 1.04 bits per heavy atom. The van der Waals surface area contributed by atoms with Crippen LogP contribution in [0.3, 0.4) is 0 Å². The number of anilines is 2. The van der Waals surface area contributed by atoms with Crippen LogP contribution in [0.5, 0.6) is 0 Å². The zero-order valence-electron chi connectivity index (χ0n) is 15.5. The minimum atomic E-state index is 0.278. The standard InChI is InChI=1S/C21H21N7/c22-11-17-4-5-18(12-24-17)27-21-14-25-19(13-26-21)20-3-1-2-10-28(20)15-16-6-8-23-9-7-16/h4-9,12-14,20H,1-3,10,15H2,(H,26,27)/t20-/m0/s1. The van der Waals surface area contributed by atoms with Crippen LogP contribution in [-0.2, 0) is 6.54 Å². The molecule has 0 amide bonds. The molecule has 1 saturated heterocycles. The van der Waals surface area contributed by atoms with Gasteiger partial charge in [-0.05, 0) is 49.2 Å². The normalized spacial score (nSPS) is 17.0. The van der Waals surface area contributed by atoms with Crippen LogP contribution in [0.15, 0.2) is 55.2 Å². The van der Waals surface area contributed by atoms with Gasteiger partial charge in [-0.3, -0.25) is 14.9 Å². The van der Waals surface area contributed by atoms with Crippen molar-refractivity contribution in [1.29, 1.82) is 5.26 Å². The highest BCUT2D eigenvalue weighted by atomic mass is 15.2. The fourth-order valence-corrected chi connectivity index (χ4v) is 3.49. The van der Waals surface area contributed by atoms with E-state index >= 15 is 0 Å². The van der Waals surface area contributed by atoms with Crippen molar-refractivity contribution in [2.24, 2.45) is 0 Å². The molecule has 7 nitrogen and oxygen atoms in total. The number of hydrogen-bond acceptors (Lipinski definition) is 7. The van der Waals surface area contributed by atoms with Crippen LogP contribution in [0.2, 0.25) is 0 Å². The van der Waals surface area contributed by atoms with Crippen molar-refractivity contribution in [3.8, 4) is 6.07 Å². The number of nitrogens with one attached hydrogen (secondary N) is 1. The molecule has 0 spiro atoms. The van der Waals surface area contributed by atoms with Crippen molar-refractivity contribution < 1.29 is 0 Å². The summed E-state index contributed by atoms with van der Waals surface area (Å²) in [4.78, 5) is 19.8. The predicted octanol–water partition coefficient (Wildman–Crippen LogP) is 3.61. The third kappa shape index (κ3) is 4.30. The largest absolute Gasteiger partial charge is 0.338 e. The molecular formula is C21H21N7. The van der Waals surface area contributed by atoms with Gasteiger partial charge in [0.1, 0.15) is 17.6 Å². The molecule has 1 aliphatic heterocycles. The quantitative estimate of drug-likeness (QED) is 0.732. The molecule has 0 aliphatic carbocycles. The molecule has 0 saturated carbocycles. The minimum absolute atomic E-state index is 0.278. The van der Waals surface area contributed by atoms with Crippen LogP contribution < -0.4 is 5.32 Å². The molecular weight excluding hydrogens is 350 g/mol. The number of rotatable bonds is 5. The summed E-state index contributed by atoms with van der Waals surface area (Å²) >= 11 is 0. The maximum Gasteiger partial charge on any atom is 0.148 e. The second kappa shape index (κ2) is 8.55. The predicted molar refractivity (Wildman–Crippen MR) is 106 cm³/mol. The zero-order chi connectivity index (χ0) is 19.2. The molecule has 4 heterocycles. The minimum Gasteiger partial charge on any atom is -0.338 e. The van der Waals surface area contributed by atoms with Crippen molar-refractivity contribution in [1.82, 2.24) is 24.8 Å². The van der Waals surface area contributed by atoms with Crippen molar-refractivity contribution in [2.75, 3.05) is 11.9 Å². The van der Waals surface area contributed by atoms with Gasteiger partial charge in [0.25, 0.3) is 0 Å². The van der Waals surface area contributed by atoms with Gasteiger partial charge in [-0.15, -0.1) is 0 Å². The lowest BCUT2D eigenvalue weighted by Gasteiger charge is -2.35. The lowest BCUT2D eigenvalue weighted by Crippen LogP contribution is -2.33. The number of hydrogen-bond donors (Lipinski definition) is 1. The van der Waals surface area contributed by atoms with Crippen LogP contribution >= 0.6 is 0 Å². The molecule has 1 aliphatic rings. The molecule has 7 heteroatoms. The van der Waals surface area contributed by atoms with E-state index in [4.69, 9.17) is 5.26 Å². The fourth-order valence-electron chi connectivity index (χ4n) is 3.49. The summed E-state index contributed by atoms with van der Waals surface area (Å²) in [6.07, 6.45) is 12.4. The molecule has 1 fully saturated rings. The van der Waals surface area contributed by atoms with Gasteiger partial charge in [-0.2, -0.15) is 5.26 Å². The first-order valence-electron chi connectivity index (χ1n) is 9.40. The van der Waals surface area contributed by atoms with Gasteiger partial charge < -0.3 is 5.32 Å². The average molecular weight is 371 g/mol. The number of nitrogens with zero attached hydrogens (tertiary/aromatic N) is 6. The van der Waals surface area contributed by atoms with Crippen molar-refractivity contribution in [3.05, 3.63) is 72.2 Å². The van der Waals surface area contributed by atoms with E-state index in [9.17, 15) is 0 Å². The van der Waals surface area contributed by atoms with Crippen LogP contribution in [0.1, 0.15) is 42.3 Å². The van der Waals surface area contributed by atoms with Crippen LogP contribution in [0.25, 0.3) is 0 Å². The average Bonchev–Trinajstić information content (AvgIpc) is 2.76. The first-order valence-corrected chi connectivity index (χ1v) is 9.40. The summed E-state index contributed by atoms with van der Waals surface area (Å²) in [5.41, 5.74) is 3.43. The maximum atomic E-state index is 8.82. The highest BCUT2D eigenvalue weighted by Gasteiger charge is 2.25. The van der Waals surface area contributed by atoms with E-state index in [2.05, 4.69) is 42.3 Å². The van der Waals surface area contributed by atoms with Gasteiger partial charge in [-0.1, -0.05) is 6.42 Å². The molecule has 0 unspecified atom stereocenters. The lowest BCUT2D eigenvalue weighted by atomic mass is 9.99. The van der Waals surface area contributed by atoms with Gasteiger partial charge in [0.05, 0.1) is 36.0 Å². The van der Waals surface area contributed by atoms with E-state index in [1.54, 1.807) is 24.5 Å². The van der Waals surface area contributed by atoms with Crippen LogP contribution in [-0.4, -0.2) is 31.4 Å². The second-order valence-corrected chi connectivity index (χ2v) is 6.83. The molecule has 140 valence electrons. The third-order valence-corrected chi connectivity index (χ3v) is 4.91. The Balaban J connectivity index is 1.46. The third-order valence-electron chi connectivity index (χ3n) is 4.91. The van der Waals surface area contributed by atoms with E-state index in [0.717, 1.165) is 30.9 Å². The Kier molecular flexibility index (Phi) is 5.50. The van der Waals surface area contributed by atoms with E-state index < -0.39 is 0 Å². The molecule has 1 N–H and O–H groups in total. The molecule has 1 atom stereocenters. The van der Waals surface area contributed by atoms with Crippen molar-refractivity contribution in [3.63, 3.8) is 0 Å². The van der Waals surface area contributed by atoms with Gasteiger partial charge in [0, 0.05) is 18.9 Å². The Morgan fingerprint density at radius 3 is 2.64 bits per heavy atom. The highest BCUT2D eigenvalue weighted by Crippen LogP contribution is 2.31. The Labute approximate surface area is 164 Å². The van der Waals surface area contributed by atoms with Crippen molar-refractivity contribution in [2.45, 2.75) is 31.8 Å². The van der Waals surface area contributed by atoms with Crippen LogP contribution in [0, 0.1) is 11.3 Å². The highest BCUT2D eigenvalue weighted by molar-refractivity contribution is 5.54.